The van der Waals surface area contributed by atoms with Crippen molar-refractivity contribution >= 4 is 19.8 Å². The van der Waals surface area contributed by atoms with Gasteiger partial charge in [0.2, 0.25) is 0 Å². The van der Waals surface area contributed by atoms with Gasteiger partial charge in [-0.2, -0.15) is 0 Å². The fourth-order valence-corrected chi connectivity index (χ4v) is 6.31. The molecular weight excluding hydrogens is 677 g/mol. The number of phosphoric acid groups is 1. The molecule has 0 aromatic carbocycles. The SMILES string of the molecule is CCCCCCCC/C=C/CCCCCCCC(=O)OC[C@H](COP(=O)([O-])OCC[N+](C)(C)C)OC(=O)CCCCC/C=C/CCCCCCCC. The summed E-state index contributed by atoms with van der Waals surface area (Å²) in [7, 11) is 1.15. The number of likely N-dealkylation sites (N-methyl/N-ethyl adjacent to an activating group) is 1. The number of nitrogens with zero attached hydrogens (tertiary/aromatic N) is 1. The summed E-state index contributed by atoms with van der Waals surface area (Å²) in [5.41, 5.74) is 0. The van der Waals surface area contributed by atoms with Gasteiger partial charge >= 0.3 is 11.9 Å². The molecule has 0 saturated carbocycles. The molecule has 0 spiro atoms. The lowest BCUT2D eigenvalue weighted by Gasteiger charge is -2.28. The molecule has 0 bridgehead atoms. The number of quaternary nitrogens is 1. The Morgan fingerprint density at radius 3 is 1.44 bits per heavy atom. The first-order chi connectivity index (χ1) is 25.0. The topological polar surface area (TPSA) is 111 Å². The predicted molar refractivity (Wildman–Crippen MR) is 213 cm³/mol. The second kappa shape index (κ2) is 35.2. The number of carbonyl (C=O) groups is 2. The number of allylic oxidation sites excluding steroid dienone is 4. The molecule has 0 aromatic heterocycles. The van der Waals surface area contributed by atoms with E-state index in [-0.39, 0.29) is 26.1 Å². The van der Waals surface area contributed by atoms with E-state index < -0.39 is 32.5 Å². The maximum atomic E-state index is 12.6. The summed E-state index contributed by atoms with van der Waals surface area (Å²) in [4.78, 5) is 37.4. The van der Waals surface area contributed by atoms with Gasteiger partial charge in [-0.05, 0) is 64.2 Å². The zero-order valence-corrected chi connectivity index (χ0v) is 35.2. The highest BCUT2D eigenvalue weighted by Gasteiger charge is 2.21. The molecule has 0 N–H and O–H groups in total. The lowest BCUT2D eigenvalue weighted by atomic mass is 10.1. The van der Waals surface area contributed by atoms with Crippen LogP contribution in [-0.2, 0) is 32.7 Å². The lowest BCUT2D eigenvalue weighted by Crippen LogP contribution is -2.37. The number of esters is 2. The van der Waals surface area contributed by atoms with E-state index >= 15 is 0 Å². The standard InChI is InChI=1S/C42H80NO8P/c1-6-8-10-12-14-16-18-20-21-23-24-26-28-30-32-34-41(44)48-38-40(39-50-52(46,47)49-37-36-43(3,4)5)51-42(45)35-33-31-29-27-25-22-19-17-15-13-11-9-7-2/h20-22,25,40H,6-19,23-24,26-39H2,1-5H3/b21-20+,25-22+/t40-/m1/s1. The molecule has 0 radical (unpaired) electrons. The minimum absolute atomic E-state index is 0.0338. The van der Waals surface area contributed by atoms with Gasteiger partial charge < -0.3 is 27.9 Å². The number of hydrogen-bond acceptors (Lipinski definition) is 8. The van der Waals surface area contributed by atoms with E-state index in [0.717, 1.165) is 64.2 Å². The van der Waals surface area contributed by atoms with E-state index in [2.05, 4.69) is 38.2 Å². The quantitative estimate of drug-likeness (QED) is 0.0201. The highest BCUT2D eigenvalue weighted by atomic mass is 31.2. The summed E-state index contributed by atoms with van der Waals surface area (Å²) >= 11 is 0. The Kier molecular flexibility index (Phi) is 34.2. The number of unbranched alkanes of at least 4 members (excludes halogenated alkanes) is 20. The van der Waals surface area contributed by atoms with E-state index in [1.807, 2.05) is 21.1 Å². The summed E-state index contributed by atoms with van der Waals surface area (Å²) < 4.78 is 33.8. The van der Waals surface area contributed by atoms with Crippen molar-refractivity contribution in [3.63, 3.8) is 0 Å². The lowest BCUT2D eigenvalue weighted by molar-refractivity contribution is -0.870. The Hall–Kier alpha value is -1.51. The summed E-state index contributed by atoms with van der Waals surface area (Å²) in [6.45, 7) is 4.18. The molecule has 0 amide bonds. The molecular formula is C42H80NO8P. The number of phosphoric ester groups is 1. The molecule has 0 saturated heterocycles. The number of ether oxygens (including phenoxy) is 2. The fraction of sp³-hybridized carbons (Fsp3) is 0.857. The monoisotopic (exact) mass is 758 g/mol. The van der Waals surface area contributed by atoms with Crippen molar-refractivity contribution in [3.8, 4) is 0 Å². The molecule has 0 aliphatic heterocycles. The summed E-state index contributed by atoms with van der Waals surface area (Å²) in [6.07, 6.45) is 36.3. The predicted octanol–water partition coefficient (Wildman–Crippen LogP) is 10.9. The van der Waals surface area contributed by atoms with Crippen LogP contribution in [0.5, 0.6) is 0 Å². The third-order valence-corrected chi connectivity index (χ3v) is 9.91. The third kappa shape index (κ3) is 38.2. The molecule has 0 aromatic rings. The Labute approximate surface area is 319 Å². The van der Waals surface area contributed by atoms with Crippen LogP contribution < -0.4 is 4.89 Å². The third-order valence-electron chi connectivity index (χ3n) is 8.94. The Bertz CT molecular complexity index is 949. The van der Waals surface area contributed by atoms with Crippen molar-refractivity contribution in [2.45, 2.75) is 187 Å². The van der Waals surface area contributed by atoms with Gasteiger partial charge in [0.05, 0.1) is 27.7 Å². The van der Waals surface area contributed by atoms with Crippen molar-refractivity contribution in [1.82, 2.24) is 0 Å². The van der Waals surface area contributed by atoms with Gasteiger partial charge in [0, 0.05) is 12.8 Å². The van der Waals surface area contributed by atoms with Gasteiger partial charge in [-0.25, -0.2) is 0 Å². The fourth-order valence-electron chi connectivity index (χ4n) is 5.58. The van der Waals surface area contributed by atoms with Crippen molar-refractivity contribution in [1.29, 1.82) is 0 Å². The highest BCUT2D eigenvalue weighted by molar-refractivity contribution is 7.45. The second-order valence-electron chi connectivity index (χ2n) is 15.3. The molecule has 0 heterocycles. The smallest absolute Gasteiger partial charge is 0.306 e. The van der Waals surface area contributed by atoms with Gasteiger partial charge in [-0.15, -0.1) is 0 Å². The molecule has 306 valence electrons. The van der Waals surface area contributed by atoms with Crippen LogP contribution in [0.15, 0.2) is 24.3 Å². The zero-order valence-electron chi connectivity index (χ0n) is 34.3. The van der Waals surface area contributed by atoms with E-state index in [4.69, 9.17) is 18.5 Å². The molecule has 0 fully saturated rings. The summed E-state index contributed by atoms with van der Waals surface area (Å²) in [5.74, 6) is -0.861. The largest absolute Gasteiger partial charge is 0.756 e. The first kappa shape index (κ1) is 50.5. The molecule has 0 aliphatic rings. The Balaban J connectivity index is 4.41. The normalized spacial score (nSPS) is 13.9. The average Bonchev–Trinajstić information content (AvgIpc) is 3.09. The van der Waals surface area contributed by atoms with Crippen molar-refractivity contribution in [2.24, 2.45) is 0 Å². The maximum Gasteiger partial charge on any atom is 0.306 e. The van der Waals surface area contributed by atoms with Crippen LogP contribution in [0.1, 0.15) is 181 Å². The highest BCUT2D eigenvalue weighted by Crippen LogP contribution is 2.38. The van der Waals surface area contributed by atoms with Gasteiger partial charge in [0.25, 0.3) is 7.82 Å². The summed E-state index contributed by atoms with van der Waals surface area (Å²) in [6, 6.07) is 0. The van der Waals surface area contributed by atoms with E-state index in [9.17, 15) is 19.0 Å². The van der Waals surface area contributed by atoms with Crippen molar-refractivity contribution in [2.75, 3.05) is 47.5 Å². The van der Waals surface area contributed by atoms with E-state index in [1.54, 1.807) is 0 Å². The molecule has 1 unspecified atom stereocenters. The zero-order chi connectivity index (χ0) is 38.6. The minimum Gasteiger partial charge on any atom is -0.756 e. The van der Waals surface area contributed by atoms with Crippen LogP contribution >= 0.6 is 7.82 Å². The van der Waals surface area contributed by atoms with E-state index in [0.29, 0.717) is 17.4 Å². The first-order valence-corrected chi connectivity index (χ1v) is 22.5. The second-order valence-corrected chi connectivity index (χ2v) is 16.8. The van der Waals surface area contributed by atoms with Crippen LogP contribution in [0.4, 0.5) is 0 Å². The van der Waals surface area contributed by atoms with Crippen LogP contribution in [0, 0.1) is 0 Å². The van der Waals surface area contributed by atoms with Gasteiger partial charge in [0.1, 0.15) is 19.8 Å². The van der Waals surface area contributed by atoms with Crippen molar-refractivity contribution < 1.29 is 42.1 Å². The van der Waals surface area contributed by atoms with E-state index in [1.165, 1.54) is 83.5 Å². The maximum absolute atomic E-state index is 12.6. The minimum atomic E-state index is -4.62. The number of carbonyl (C=O) groups excluding carboxylic acids is 2. The van der Waals surface area contributed by atoms with Crippen LogP contribution in [0.3, 0.4) is 0 Å². The van der Waals surface area contributed by atoms with Crippen LogP contribution in [0.2, 0.25) is 0 Å². The number of rotatable bonds is 38. The molecule has 0 aliphatic carbocycles. The van der Waals surface area contributed by atoms with Gasteiger partial charge in [-0.3, -0.25) is 14.2 Å². The van der Waals surface area contributed by atoms with Gasteiger partial charge in [-0.1, -0.05) is 128 Å². The van der Waals surface area contributed by atoms with Crippen LogP contribution in [0.25, 0.3) is 0 Å². The molecule has 10 heteroatoms. The average molecular weight is 758 g/mol. The van der Waals surface area contributed by atoms with Crippen molar-refractivity contribution in [3.05, 3.63) is 24.3 Å². The Morgan fingerprint density at radius 1 is 0.577 bits per heavy atom. The number of hydrogen-bond donors (Lipinski definition) is 0. The van der Waals surface area contributed by atoms with Crippen LogP contribution in [-0.4, -0.2) is 70.0 Å². The first-order valence-electron chi connectivity index (χ1n) is 21.0. The van der Waals surface area contributed by atoms with Gasteiger partial charge in [0.15, 0.2) is 6.10 Å². The molecule has 9 nitrogen and oxygen atoms in total. The molecule has 52 heavy (non-hydrogen) atoms. The molecule has 0 rings (SSSR count). The molecule has 2 atom stereocenters. The summed E-state index contributed by atoms with van der Waals surface area (Å²) in [5, 5.41) is 0. The Morgan fingerprint density at radius 2 is 0.981 bits per heavy atom.